The predicted molar refractivity (Wildman–Crippen MR) is 123 cm³/mol. The first-order valence-corrected chi connectivity index (χ1v) is 13.1. The molecule has 0 N–H and O–H groups in total. The molecule has 0 unspecified atom stereocenters. The van der Waals surface area contributed by atoms with E-state index < -0.39 is 0 Å². The lowest BCUT2D eigenvalue weighted by Gasteiger charge is -2.04. The molecule has 1 aromatic rings. The number of hydrogen-bond acceptors (Lipinski definition) is 1. The lowest BCUT2D eigenvalue weighted by molar-refractivity contribution is 0.525. The molecule has 0 spiro atoms. The fraction of sp³-hybridized carbons (Fsp3) is 0.833. The van der Waals surface area contributed by atoms with Crippen LogP contribution in [-0.2, 0) is 6.42 Å². The van der Waals surface area contributed by atoms with Crippen molar-refractivity contribution in [1.29, 1.82) is 0 Å². The highest BCUT2D eigenvalue weighted by Gasteiger charge is 1.98. The van der Waals surface area contributed by atoms with Crippen molar-refractivity contribution in [2.75, 3.05) is 0 Å². The van der Waals surface area contributed by atoms with Crippen LogP contribution >= 0.6 is 27.3 Å². The van der Waals surface area contributed by atoms with Crippen molar-refractivity contribution in [2.24, 2.45) is 0 Å². The summed E-state index contributed by atoms with van der Waals surface area (Å²) in [4.78, 5) is 0. The maximum Gasteiger partial charge on any atom is 0.0708 e. The summed E-state index contributed by atoms with van der Waals surface area (Å²) in [5.74, 6) is 0. The first-order chi connectivity index (χ1) is 12.8. The average molecular weight is 443 g/mol. The minimum absolute atomic E-state index is 1.21. The number of aryl methyl sites for hydroxylation is 1. The van der Waals surface area contributed by atoms with Gasteiger partial charge in [-0.1, -0.05) is 116 Å². The zero-order chi connectivity index (χ0) is 18.7. The van der Waals surface area contributed by atoms with Crippen LogP contribution in [-0.4, -0.2) is 0 Å². The molecule has 0 aliphatic rings. The van der Waals surface area contributed by atoms with Gasteiger partial charge in [0.15, 0.2) is 0 Å². The Balaban J connectivity index is 1.68. The van der Waals surface area contributed by atoms with Gasteiger partial charge in [0.25, 0.3) is 0 Å². The second-order valence-corrected chi connectivity index (χ2v) is 10.2. The Kier molecular flexibility index (Phi) is 17.3. The van der Waals surface area contributed by atoms with Crippen LogP contribution in [0.2, 0.25) is 0 Å². The minimum Gasteiger partial charge on any atom is -0.127 e. The summed E-state index contributed by atoms with van der Waals surface area (Å²) in [6.45, 7) is 2.30. The molecule has 1 rings (SSSR count). The van der Waals surface area contributed by atoms with Gasteiger partial charge in [-0.25, -0.2) is 0 Å². The van der Waals surface area contributed by atoms with Crippen LogP contribution in [0.4, 0.5) is 0 Å². The predicted octanol–water partition coefficient (Wildman–Crippen LogP) is 9.89. The third-order valence-electron chi connectivity index (χ3n) is 5.37. The van der Waals surface area contributed by atoms with Crippen LogP contribution in [0, 0.1) is 5.38 Å². The van der Waals surface area contributed by atoms with Crippen molar-refractivity contribution in [3.8, 4) is 0 Å². The smallest absolute Gasteiger partial charge is 0.0708 e. The van der Waals surface area contributed by atoms with Crippen LogP contribution < -0.4 is 0 Å². The molecule has 1 aromatic heterocycles. The van der Waals surface area contributed by atoms with Crippen molar-refractivity contribution in [3.05, 3.63) is 20.8 Å². The molecule has 0 atom stereocenters. The molecule has 0 aliphatic carbocycles. The van der Waals surface area contributed by atoms with Gasteiger partial charge in [-0.15, -0.1) is 11.3 Å². The molecule has 0 nitrogen and oxygen atoms in total. The molecular weight excluding hydrogens is 400 g/mol. The Morgan fingerprint density at radius 3 is 1.38 bits per heavy atom. The third-order valence-corrected chi connectivity index (χ3v) is 6.76. The van der Waals surface area contributed by atoms with Crippen molar-refractivity contribution in [3.63, 3.8) is 0 Å². The van der Waals surface area contributed by atoms with E-state index in [4.69, 9.17) is 0 Å². The summed E-state index contributed by atoms with van der Waals surface area (Å²) in [7, 11) is 0. The summed E-state index contributed by atoms with van der Waals surface area (Å²) in [5, 5.41) is 3.36. The topological polar surface area (TPSA) is 0 Å². The second-order valence-electron chi connectivity index (χ2n) is 7.94. The van der Waals surface area contributed by atoms with E-state index >= 15 is 0 Å². The summed E-state index contributed by atoms with van der Waals surface area (Å²) < 4.78 is 1.22. The summed E-state index contributed by atoms with van der Waals surface area (Å²) in [6.07, 6.45) is 27.2. The Morgan fingerprint density at radius 2 is 1.04 bits per heavy atom. The quantitative estimate of drug-likeness (QED) is 0.187. The van der Waals surface area contributed by atoms with Crippen LogP contribution in [0.25, 0.3) is 0 Å². The number of halogens is 1. The van der Waals surface area contributed by atoms with Gasteiger partial charge in [-0.3, -0.25) is 0 Å². The van der Waals surface area contributed by atoms with E-state index in [-0.39, 0.29) is 0 Å². The van der Waals surface area contributed by atoms with Crippen molar-refractivity contribution >= 4 is 27.3 Å². The highest BCUT2D eigenvalue weighted by atomic mass is 79.9. The molecule has 0 fully saturated rings. The molecule has 0 amide bonds. The largest absolute Gasteiger partial charge is 0.127 e. The molecule has 26 heavy (non-hydrogen) atoms. The Bertz CT molecular complexity index is 399. The molecule has 0 saturated heterocycles. The molecular formula is C24H42BrS. The molecule has 0 aromatic carbocycles. The first-order valence-electron chi connectivity index (χ1n) is 11.5. The fourth-order valence-electron chi connectivity index (χ4n) is 3.65. The molecule has 1 heterocycles. The standard InChI is InChI=1S/C24H42BrS/c1-2-3-4-5-6-7-8-9-10-11-12-13-14-15-16-17-18-19-20-23-21-24(25)26-22-23/h21H,2-20H2,1H3. The van der Waals surface area contributed by atoms with Gasteiger partial charge in [-0.05, 0) is 40.4 Å². The molecule has 0 bridgehead atoms. The summed E-state index contributed by atoms with van der Waals surface area (Å²) in [5.41, 5.74) is 1.39. The van der Waals surface area contributed by atoms with Gasteiger partial charge in [-0.2, -0.15) is 0 Å². The Morgan fingerprint density at radius 1 is 0.654 bits per heavy atom. The SMILES string of the molecule is CCCCCCCCCCCCCCCCCCCCc1[c]sc(Br)c1. The summed E-state index contributed by atoms with van der Waals surface area (Å²) >= 11 is 5.20. The van der Waals surface area contributed by atoms with Gasteiger partial charge in [0.2, 0.25) is 0 Å². The highest BCUT2D eigenvalue weighted by molar-refractivity contribution is 9.11. The molecule has 0 aliphatic heterocycles. The van der Waals surface area contributed by atoms with E-state index in [1.54, 1.807) is 11.3 Å². The molecule has 2 heteroatoms. The van der Waals surface area contributed by atoms with E-state index in [1.165, 1.54) is 131 Å². The maximum absolute atomic E-state index is 3.51. The van der Waals surface area contributed by atoms with E-state index in [1.807, 2.05) is 0 Å². The minimum atomic E-state index is 1.21. The zero-order valence-corrected chi connectivity index (χ0v) is 19.7. The number of thiophene rings is 1. The van der Waals surface area contributed by atoms with Gasteiger partial charge in [0.1, 0.15) is 0 Å². The van der Waals surface area contributed by atoms with Gasteiger partial charge in [0.05, 0.1) is 3.79 Å². The van der Waals surface area contributed by atoms with Crippen molar-refractivity contribution in [2.45, 2.75) is 129 Å². The average Bonchev–Trinajstić information content (AvgIpc) is 3.06. The zero-order valence-electron chi connectivity index (χ0n) is 17.3. The lowest BCUT2D eigenvalue weighted by Crippen LogP contribution is -1.85. The number of unbranched alkanes of at least 4 members (excludes halogenated alkanes) is 17. The number of rotatable bonds is 19. The fourth-order valence-corrected chi connectivity index (χ4v) is 4.76. The highest BCUT2D eigenvalue weighted by Crippen LogP contribution is 2.21. The lowest BCUT2D eigenvalue weighted by atomic mass is 10.0. The number of hydrogen-bond donors (Lipinski definition) is 0. The van der Waals surface area contributed by atoms with Crippen LogP contribution in [0.3, 0.4) is 0 Å². The Labute approximate surface area is 176 Å². The maximum atomic E-state index is 3.51. The van der Waals surface area contributed by atoms with Gasteiger partial charge >= 0.3 is 0 Å². The van der Waals surface area contributed by atoms with Crippen molar-refractivity contribution in [1.82, 2.24) is 0 Å². The van der Waals surface area contributed by atoms with E-state index in [0.717, 1.165) is 0 Å². The summed E-state index contributed by atoms with van der Waals surface area (Å²) in [6, 6.07) is 2.22. The molecule has 151 valence electrons. The van der Waals surface area contributed by atoms with E-state index in [9.17, 15) is 0 Å². The van der Waals surface area contributed by atoms with Gasteiger partial charge < -0.3 is 0 Å². The van der Waals surface area contributed by atoms with Crippen molar-refractivity contribution < 1.29 is 0 Å². The van der Waals surface area contributed by atoms with E-state index in [0.29, 0.717) is 0 Å². The monoisotopic (exact) mass is 441 g/mol. The Hall–Kier alpha value is 0.180. The third kappa shape index (κ3) is 15.3. The van der Waals surface area contributed by atoms with Crippen LogP contribution in [0.5, 0.6) is 0 Å². The molecule has 0 saturated carbocycles. The molecule has 1 radical (unpaired) electrons. The van der Waals surface area contributed by atoms with Crippen LogP contribution in [0.15, 0.2) is 9.85 Å². The first kappa shape index (κ1) is 24.2. The van der Waals surface area contributed by atoms with Crippen LogP contribution in [0.1, 0.15) is 128 Å². The van der Waals surface area contributed by atoms with Gasteiger partial charge in [0, 0.05) is 5.38 Å². The van der Waals surface area contributed by atoms with E-state index in [2.05, 4.69) is 34.3 Å². The second kappa shape index (κ2) is 18.5. The normalized spacial score (nSPS) is 11.3.